The third-order valence-corrected chi connectivity index (χ3v) is 7.27. The lowest BCUT2D eigenvalue weighted by atomic mass is 9.79. The van der Waals surface area contributed by atoms with E-state index in [1.165, 1.54) is 6.07 Å². The molecule has 1 aromatic carbocycles. The summed E-state index contributed by atoms with van der Waals surface area (Å²) < 4.78 is 51.2. The molecule has 6 heteroatoms. The second kappa shape index (κ2) is 7.72. The normalized spacial score (nSPS) is 21.9. The summed E-state index contributed by atoms with van der Waals surface area (Å²) in [4.78, 5) is 12.3. The number of sulfone groups is 1. The van der Waals surface area contributed by atoms with Gasteiger partial charge in [0.25, 0.3) is 0 Å². The maximum atomic E-state index is 13.6. The van der Waals surface area contributed by atoms with E-state index in [1.54, 1.807) is 13.8 Å². The zero-order valence-electron chi connectivity index (χ0n) is 14.1. The van der Waals surface area contributed by atoms with Crippen LogP contribution in [0.2, 0.25) is 0 Å². The molecule has 1 aliphatic carbocycles. The number of carbonyl (C=O) groups is 1. The average molecular weight is 358 g/mol. The van der Waals surface area contributed by atoms with Gasteiger partial charge in [-0.25, -0.2) is 17.2 Å². The highest BCUT2D eigenvalue weighted by molar-refractivity contribution is 7.91. The molecule has 1 aromatic rings. The Morgan fingerprint density at radius 1 is 1.12 bits per heavy atom. The zero-order chi connectivity index (χ0) is 17.9. The van der Waals surface area contributed by atoms with Crippen molar-refractivity contribution >= 4 is 15.6 Å². The molecule has 0 N–H and O–H groups in total. The van der Waals surface area contributed by atoms with Gasteiger partial charge >= 0.3 is 0 Å². The van der Waals surface area contributed by atoms with E-state index in [-0.39, 0.29) is 40.6 Å². The van der Waals surface area contributed by atoms with E-state index >= 15 is 0 Å². The van der Waals surface area contributed by atoms with Crippen LogP contribution in [0.3, 0.4) is 0 Å². The molecule has 0 unspecified atom stereocenters. The summed E-state index contributed by atoms with van der Waals surface area (Å²) in [6.07, 6.45) is 2.28. The first-order valence-electron chi connectivity index (χ1n) is 8.38. The van der Waals surface area contributed by atoms with E-state index < -0.39 is 21.5 Å². The standard InChI is InChI=1S/C18H24F2O3S/c1-12(2)24(22,23)11-13-6-8-14(9-7-13)18(21)10-15-16(19)4-3-5-17(15)20/h3-5,12-14H,6-11H2,1-2H3. The summed E-state index contributed by atoms with van der Waals surface area (Å²) in [7, 11) is -3.08. The van der Waals surface area contributed by atoms with E-state index in [0.717, 1.165) is 12.1 Å². The Labute approximate surface area is 142 Å². The van der Waals surface area contributed by atoms with Crippen LogP contribution in [0.4, 0.5) is 8.78 Å². The number of Topliss-reactive ketones (excluding diaryl/α,β-unsaturated/α-hetero) is 1. The summed E-state index contributed by atoms with van der Waals surface area (Å²) in [5.41, 5.74) is -0.174. The molecular formula is C18H24F2O3S. The monoisotopic (exact) mass is 358 g/mol. The second-order valence-corrected chi connectivity index (χ2v) is 9.54. The number of benzene rings is 1. The van der Waals surface area contributed by atoms with E-state index in [1.807, 2.05) is 0 Å². The van der Waals surface area contributed by atoms with Gasteiger partial charge in [-0.2, -0.15) is 0 Å². The molecular weight excluding hydrogens is 334 g/mol. The predicted molar refractivity (Wildman–Crippen MR) is 89.4 cm³/mol. The van der Waals surface area contributed by atoms with Crippen LogP contribution in [0.5, 0.6) is 0 Å². The first kappa shape index (κ1) is 19.0. The van der Waals surface area contributed by atoms with Gasteiger partial charge in [-0.05, 0) is 57.6 Å². The molecule has 134 valence electrons. The van der Waals surface area contributed by atoms with Crippen molar-refractivity contribution in [3.8, 4) is 0 Å². The van der Waals surface area contributed by atoms with Crippen LogP contribution in [0.15, 0.2) is 18.2 Å². The highest BCUT2D eigenvalue weighted by Gasteiger charge is 2.30. The lowest BCUT2D eigenvalue weighted by molar-refractivity contribution is -0.123. The van der Waals surface area contributed by atoms with Gasteiger partial charge in [-0.3, -0.25) is 4.79 Å². The molecule has 0 saturated heterocycles. The molecule has 0 amide bonds. The summed E-state index contributed by atoms with van der Waals surface area (Å²) >= 11 is 0. The third kappa shape index (κ3) is 4.62. The number of hydrogen-bond acceptors (Lipinski definition) is 3. The minimum atomic E-state index is -3.08. The van der Waals surface area contributed by atoms with Crippen LogP contribution < -0.4 is 0 Å². The van der Waals surface area contributed by atoms with Gasteiger partial charge in [0, 0.05) is 17.9 Å². The lowest BCUT2D eigenvalue weighted by Gasteiger charge is -2.28. The fourth-order valence-corrected chi connectivity index (χ4v) is 4.57. The summed E-state index contributed by atoms with van der Waals surface area (Å²) in [6.45, 7) is 3.35. The van der Waals surface area contributed by atoms with Crippen molar-refractivity contribution in [1.82, 2.24) is 0 Å². The third-order valence-electron chi connectivity index (χ3n) is 4.90. The SMILES string of the molecule is CC(C)S(=O)(=O)CC1CCC(C(=O)Cc2c(F)cccc2F)CC1. The maximum Gasteiger partial charge on any atom is 0.152 e. The van der Waals surface area contributed by atoms with Crippen LogP contribution in [-0.4, -0.2) is 25.2 Å². The molecule has 3 nitrogen and oxygen atoms in total. The summed E-state index contributed by atoms with van der Waals surface area (Å²) in [5, 5.41) is -0.388. The first-order chi connectivity index (χ1) is 11.2. The molecule has 0 radical (unpaired) electrons. The molecule has 0 bridgehead atoms. The number of hydrogen-bond donors (Lipinski definition) is 0. The molecule has 0 heterocycles. The van der Waals surface area contributed by atoms with Gasteiger partial charge in [0.1, 0.15) is 17.4 Å². The van der Waals surface area contributed by atoms with Crippen molar-refractivity contribution < 1.29 is 22.0 Å². The molecule has 0 atom stereocenters. The molecule has 0 aromatic heterocycles. The summed E-state index contributed by atoms with van der Waals surface area (Å²) in [6, 6.07) is 3.58. The van der Waals surface area contributed by atoms with Gasteiger partial charge < -0.3 is 0 Å². The minimum absolute atomic E-state index is 0.0756. The Kier molecular flexibility index (Phi) is 6.12. The van der Waals surface area contributed by atoms with Gasteiger partial charge in [0.05, 0.1) is 11.0 Å². The first-order valence-corrected chi connectivity index (χ1v) is 10.1. The highest BCUT2D eigenvalue weighted by atomic mass is 32.2. The fourth-order valence-electron chi connectivity index (χ4n) is 3.19. The van der Waals surface area contributed by atoms with Gasteiger partial charge in [-0.1, -0.05) is 6.07 Å². The van der Waals surface area contributed by atoms with Crippen LogP contribution >= 0.6 is 0 Å². The maximum absolute atomic E-state index is 13.6. The number of carbonyl (C=O) groups excluding carboxylic acids is 1. The van der Waals surface area contributed by atoms with Crippen molar-refractivity contribution in [3.05, 3.63) is 35.4 Å². The van der Waals surface area contributed by atoms with E-state index in [2.05, 4.69) is 0 Å². The van der Waals surface area contributed by atoms with Crippen molar-refractivity contribution in [2.24, 2.45) is 11.8 Å². The molecule has 0 aliphatic heterocycles. The Morgan fingerprint density at radius 3 is 2.17 bits per heavy atom. The van der Waals surface area contributed by atoms with Crippen LogP contribution in [0.1, 0.15) is 45.1 Å². The number of ketones is 1. The van der Waals surface area contributed by atoms with Gasteiger partial charge in [0.2, 0.25) is 0 Å². The van der Waals surface area contributed by atoms with Crippen molar-refractivity contribution in [2.45, 2.75) is 51.2 Å². The molecule has 1 fully saturated rings. The fraction of sp³-hybridized carbons (Fsp3) is 0.611. The van der Waals surface area contributed by atoms with Crippen LogP contribution in [-0.2, 0) is 21.1 Å². The Hall–Kier alpha value is -1.30. The summed E-state index contributed by atoms with van der Waals surface area (Å²) in [5.74, 6) is -1.55. The average Bonchev–Trinajstić information content (AvgIpc) is 2.51. The lowest BCUT2D eigenvalue weighted by Crippen LogP contribution is -2.29. The van der Waals surface area contributed by atoms with Crippen LogP contribution in [0, 0.1) is 23.5 Å². The van der Waals surface area contributed by atoms with Crippen molar-refractivity contribution in [3.63, 3.8) is 0 Å². The van der Waals surface area contributed by atoms with Gasteiger partial charge in [-0.15, -0.1) is 0 Å². The minimum Gasteiger partial charge on any atom is -0.299 e. The van der Waals surface area contributed by atoms with E-state index in [0.29, 0.717) is 25.7 Å². The van der Waals surface area contributed by atoms with Crippen molar-refractivity contribution in [2.75, 3.05) is 5.75 Å². The molecule has 2 rings (SSSR count). The van der Waals surface area contributed by atoms with E-state index in [9.17, 15) is 22.0 Å². The second-order valence-electron chi connectivity index (χ2n) is 6.94. The molecule has 0 spiro atoms. The molecule has 24 heavy (non-hydrogen) atoms. The van der Waals surface area contributed by atoms with Crippen LogP contribution in [0.25, 0.3) is 0 Å². The van der Waals surface area contributed by atoms with Crippen molar-refractivity contribution in [1.29, 1.82) is 0 Å². The largest absolute Gasteiger partial charge is 0.299 e. The number of rotatable bonds is 6. The Balaban J connectivity index is 1.91. The Bertz CT molecular complexity index is 670. The zero-order valence-corrected chi connectivity index (χ0v) is 14.9. The molecule has 1 aliphatic rings. The smallest absolute Gasteiger partial charge is 0.152 e. The molecule has 1 saturated carbocycles. The topological polar surface area (TPSA) is 51.2 Å². The highest BCUT2D eigenvalue weighted by Crippen LogP contribution is 2.32. The predicted octanol–water partition coefficient (Wildman–Crippen LogP) is 3.71. The number of halogens is 2. The quantitative estimate of drug-likeness (QED) is 0.779. The van der Waals surface area contributed by atoms with Gasteiger partial charge in [0.15, 0.2) is 9.84 Å². The Morgan fingerprint density at radius 2 is 1.67 bits per heavy atom. The van der Waals surface area contributed by atoms with E-state index in [4.69, 9.17) is 0 Å².